The van der Waals surface area contributed by atoms with E-state index in [9.17, 15) is 5.11 Å². The first-order chi connectivity index (χ1) is 5.61. The average molecular weight is 250 g/mol. The lowest BCUT2D eigenvalue weighted by Gasteiger charge is -2.12. The summed E-state index contributed by atoms with van der Waals surface area (Å²) in [6.07, 6.45) is -0.521. The summed E-state index contributed by atoms with van der Waals surface area (Å²) >= 11 is 9.25. The van der Waals surface area contributed by atoms with Crippen LogP contribution in [0.25, 0.3) is 0 Å². The van der Waals surface area contributed by atoms with Crippen LogP contribution in [0.5, 0.6) is 0 Å². The Morgan fingerprint density at radius 1 is 1.33 bits per heavy atom. The van der Waals surface area contributed by atoms with Crippen molar-refractivity contribution in [1.29, 1.82) is 0 Å². The Morgan fingerprint density at radius 2 is 1.83 bits per heavy atom. The van der Waals surface area contributed by atoms with Gasteiger partial charge >= 0.3 is 0 Å². The lowest BCUT2D eigenvalue weighted by Crippen LogP contribution is -2.08. The molecule has 0 heterocycles. The van der Waals surface area contributed by atoms with Gasteiger partial charge in [-0.05, 0) is 24.6 Å². The van der Waals surface area contributed by atoms with Gasteiger partial charge < -0.3 is 5.11 Å². The molecule has 0 amide bonds. The predicted octanol–water partition coefficient (Wildman–Crippen LogP) is 3.11. The molecule has 0 bridgehead atoms. The molecule has 0 aliphatic heterocycles. The lowest BCUT2D eigenvalue weighted by atomic mass is 10.1. The van der Waals surface area contributed by atoms with Crippen LogP contribution in [0.4, 0.5) is 0 Å². The molecule has 0 fully saturated rings. The zero-order chi connectivity index (χ0) is 9.14. The smallest absolute Gasteiger partial charge is 0.0841 e. The maximum absolute atomic E-state index is 9.20. The highest BCUT2D eigenvalue weighted by molar-refractivity contribution is 9.10. The molecule has 0 saturated carbocycles. The molecule has 2 unspecified atom stereocenters. The van der Waals surface area contributed by atoms with Gasteiger partial charge in [-0.1, -0.05) is 28.1 Å². The van der Waals surface area contributed by atoms with E-state index in [1.165, 1.54) is 0 Å². The van der Waals surface area contributed by atoms with Crippen molar-refractivity contribution < 1.29 is 5.11 Å². The van der Waals surface area contributed by atoms with Crippen molar-refractivity contribution in [3.05, 3.63) is 34.3 Å². The van der Waals surface area contributed by atoms with Gasteiger partial charge in [0.25, 0.3) is 0 Å². The molecule has 0 saturated heterocycles. The van der Waals surface area contributed by atoms with E-state index in [1.807, 2.05) is 24.3 Å². The van der Waals surface area contributed by atoms with Crippen molar-refractivity contribution in [3.8, 4) is 0 Å². The Bertz CT molecular complexity index is 245. The summed E-state index contributed by atoms with van der Waals surface area (Å²) < 4.78 is 1.01. The first kappa shape index (κ1) is 10.0. The van der Waals surface area contributed by atoms with Crippen LogP contribution >= 0.6 is 27.5 Å². The van der Waals surface area contributed by atoms with Crippen LogP contribution in [0.3, 0.4) is 0 Å². The minimum atomic E-state index is -0.521. The molecule has 0 spiro atoms. The fourth-order valence-corrected chi connectivity index (χ4v) is 1.33. The highest BCUT2D eigenvalue weighted by atomic mass is 79.9. The lowest BCUT2D eigenvalue weighted by molar-refractivity contribution is 0.190. The minimum absolute atomic E-state index is 0.321. The first-order valence-electron chi connectivity index (χ1n) is 3.69. The molecule has 1 N–H and O–H groups in total. The summed E-state index contributed by atoms with van der Waals surface area (Å²) in [6, 6.07) is 7.61. The van der Waals surface area contributed by atoms with Crippen molar-refractivity contribution in [3.63, 3.8) is 0 Å². The third kappa shape index (κ3) is 2.47. The molecule has 1 nitrogen and oxygen atoms in total. The summed E-state index contributed by atoms with van der Waals surface area (Å²) in [5.41, 5.74) is 0.940. The first-order valence-corrected chi connectivity index (χ1v) is 4.92. The topological polar surface area (TPSA) is 20.2 Å². The van der Waals surface area contributed by atoms with E-state index >= 15 is 0 Å². The molecule has 12 heavy (non-hydrogen) atoms. The van der Waals surface area contributed by atoms with Gasteiger partial charge in [-0.15, -0.1) is 11.6 Å². The molecule has 66 valence electrons. The van der Waals surface area contributed by atoms with E-state index in [0.717, 1.165) is 10.0 Å². The van der Waals surface area contributed by atoms with E-state index in [-0.39, 0.29) is 5.38 Å². The van der Waals surface area contributed by atoms with Gasteiger partial charge in [-0.2, -0.15) is 0 Å². The summed E-state index contributed by atoms with van der Waals surface area (Å²) in [5, 5.41) is 8.88. The number of aliphatic hydroxyl groups excluding tert-OH is 1. The highest BCUT2D eigenvalue weighted by Crippen LogP contribution is 2.25. The Balaban J connectivity index is 2.82. The van der Waals surface area contributed by atoms with Crippen LogP contribution in [0, 0.1) is 0 Å². The summed E-state index contributed by atoms with van der Waals surface area (Å²) in [4.78, 5) is 0. The Labute approximate surface area is 85.5 Å². The van der Waals surface area contributed by atoms with Crippen molar-refractivity contribution in [2.45, 2.75) is 18.4 Å². The van der Waals surface area contributed by atoms with Crippen LogP contribution in [-0.2, 0) is 0 Å². The number of alkyl halides is 1. The van der Waals surface area contributed by atoms with Gasteiger partial charge in [-0.3, -0.25) is 0 Å². The molecule has 0 aliphatic rings. The highest BCUT2D eigenvalue weighted by Gasteiger charge is 2.12. The van der Waals surface area contributed by atoms with Crippen molar-refractivity contribution in [1.82, 2.24) is 0 Å². The normalized spacial score (nSPS) is 15.7. The molecular weight excluding hydrogens is 239 g/mol. The Morgan fingerprint density at radius 3 is 2.25 bits per heavy atom. The quantitative estimate of drug-likeness (QED) is 0.799. The van der Waals surface area contributed by atoms with E-state index < -0.39 is 6.10 Å². The van der Waals surface area contributed by atoms with Gasteiger partial charge in [0.05, 0.1) is 11.5 Å². The number of aliphatic hydroxyl groups is 1. The molecule has 1 aromatic carbocycles. The largest absolute Gasteiger partial charge is 0.392 e. The maximum atomic E-state index is 9.20. The molecule has 2 atom stereocenters. The van der Waals surface area contributed by atoms with Crippen LogP contribution in [0.2, 0.25) is 0 Å². The summed E-state index contributed by atoms with van der Waals surface area (Å²) in [5.74, 6) is 0. The Hall–Kier alpha value is -0.0500. The second kappa shape index (κ2) is 4.26. The van der Waals surface area contributed by atoms with Gasteiger partial charge in [-0.25, -0.2) is 0 Å². The molecule has 0 aromatic heterocycles. The zero-order valence-corrected chi connectivity index (χ0v) is 9.01. The van der Waals surface area contributed by atoms with Crippen molar-refractivity contribution >= 4 is 27.5 Å². The number of halogens is 2. The average Bonchev–Trinajstić information content (AvgIpc) is 2.04. The molecule has 1 aromatic rings. The van der Waals surface area contributed by atoms with Crippen molar-refractivity contribution in [2.75, 3.05) is 0 Å². The van der Waals surface area contributed by atoms with Gasteiger partial charge in [0.2, 0.25) is 0 Å². The fourth-order valence-electron chi connectivity index (χ4n) is 0.925. The Kier molecular flexibility index (Phi) is 3.56. The number of hydrogen-bond donors (Lipinski definition) is 1. The van der Waals surface area contributed by atoms with Crippen LogP contribution in [0.1, 0.15) is 17.9 Å². The van der Waals surface area contributed by atoms with E-state index in [2.05, 4.69) is 15.9 Å². The minimum Gasteiger partial charge on any atom is -0.392 e. The van der Waals surface area contributed by atoms with E-state index in [0.29, 0.717) is 0 Å². The monoisotopic (exact) mass is 248 g/mol. The van der Waals surface area contributed by atoms with Crippen LogP contribution < -0.4 is 0 Å². The number of benzene rings is 1. The van der Waals surface area contributed by atoms with Crippen LogP contribution in [0.15, 0.2) is 28.7 Å². The SMILES string of the molecule is CC(O)C(Cl)c1ccc(Br)cc1. The molecular formula is C9H10BrClO. The predicted molar refractivity (Wildman–Crippen MR) is 54.4 cm³/mol. The van der Waals surface area contributed by atoms with Crippen LogP contribution in [-0.4, -0.2) is 11.2 Å². The maximum Gasteiger partial charge on any atom is 0.0841 e. The molecule has 0 radical (unpaired) electrons. The third-order valence-electron chi connectivity index (χ3n) is 1.61. The van der Waals surface area contributed by atoms with Gasteiger partial charge in [0.15, 0.2) is 0 Å². The van der Waals surface area contributed by atoms with Crippen molar-refractivity contribution in [2.24, 2.45) is 0 Å². The number of hydrogen-bond acceptors (Lipinski definition) is 1. The fraction of sp³-hybridized carbons (Fsp3) is 0.333. The second-order valence-electron chi connectivity index (χ2n) is 2.69. The third-order valence-corrected chi connectivity index (χ3v) is 2.76. The molecule has 0 aliphatic carbocycles. The zero-order valence-electron chi connectivity index (χ0n) is 6.67. The standard InChI is InChI=1S/C9H10BrClO/c1-6(12)9(11)7-2-4-8(10)5-3-7/h2-6,9,12H,1H3. The van der Waals surface area contributed by atoms with E-state index in [1.54, 1.807) is 6.92 Å². The van der Waals surface area contributed by atoms with Gasteiger partial charge in [0.1, 0.15) is 0 Å². The molecule has 3 heteroatoms. The second-order valence-corrected chi connectivity index (χ2v) is 4.08. The summed E-state index contributed by atoms with van der Waals surface area (Å²) in [7, 11) is 0. The van der Waals surface area contributed by atoms with Gasteiger partial charge in [0, 0.05) is 4.47 Å². The molecule has 1 rings (SSSR count). The van der Waals surface area contributed by atoms with E-state index in [4.69, 9.17) is 11.6 Å². The number of rotatable bonds is 2. The summed E-state index contributed by atoms with van der Waals surface area (Å²) in [6.45, 7) is 1.68.